The van der Waals surface area contributed by atoms with Crippen LogP contribution in [0.3, 0.4) is 0 Å². The number of pyridine rings is 2. The largest absolute Gasteiger partial charge is 0.417 e. The minimum Gasteiger partial charge on any atom is -0.391 e. The maximum Gasteiger partial charge on any atom is 0.417 e. The molecule has 2 N–H and O–H groups in total. The lowest BCUT2D eigenvalue weighted by molar-refractivity contribution is -0.137. The molecule has 2 atom stereocenters. The number of hydrogen-bond donors (Lipinski definition) is 3. The summed E-state index contributed by atoms with van der Waals surface area (Å²) < 4.78 is 39.4. The smallest absolute Gasteiger partial charge is 0.391 e. The molecule has 27 heavy (non-hydrogen) atoms. The van der Waals surface area contributed by atoms with E-state index in [1.807, 2.05) is 0 Å². The fourth-order valence-electron chi connectivity index (χ4n) is 2.82. The van der Waals surface area contributed by atoms with Crippen LogP contribution in [0.15, 0.2) is 36.7 Å². The van der Waals surface area contributed by atoms with Crippen molar-refractivity contribution in [3.63, 3.8) is 0 Å². The molecule has 6 nitrogen and oxygen atoms in total. The molecule has 2 aromatic rings. The van der Waals surface area contributed by atoms with Crippen molar-refractivity contribution >= 4 is 18.7 Å². The maximum atomic E-state index is 12.6. The summed E-state index contributed by atoms with van der Waals surface area (Å²) in [6, 6.07) is 4.78. The monoisotopic (exact) mass is 398 g/mol. The molecular weight excluding hydrogens is 381 g/mol. The number of thiol groups is 1. The number of halogens is 3. The van der Waals surface area contributed by atoms with Gasteiger partial charge in [0.25, 0.3) is 0 Å². The van der Waals surface area contributed by atoms with Crippen molar-refractivity contribution in [2.45, 2.75) is 31.3 Å². The molecule has 1 fully saturated rings. The summed E-state index contributed by atoms with van der Waals surface area (Å²) in [7, 11) is 0. The quantitative estimate of drug-likeness (QED) is 0.688. The predicted octanol–water partition coefficient (Wildman–Crippen LogP) is 2.06. The third kappa shape index (κ3) is 4.57. The van der Waals surface area contributed by atoms with Gasteiger partial charge in [0.2, 0.25) is 5.91 Å². The molecule has 0 radical (unpaired) electrons. The Bertz CT molecular complexity index is 807. The van der Waals surface area contributed by atoms with E-state index in [9.17, 15) is 23.1 Å². The van der Waals surface area contributed by atoms with Crippen LogP contribution in [0.4, 0.5) is 13.2 Å². The highest BCUT2D eigenvalue weighted by molar-refractivity contribution is 7.77. The third-order valence-corrected chi connectivity index (χ3v) is 4.70. The van der Waals surface area contributed by atoms with Crippen LogP contribution in [0.25, 0.3) is 11.3 Å². The first-order chi connectivity index (χ1) is 12.8. The van der Waals surface area contributed by atoms with E-state index >= 15 is 0 Å². The second-order valence-corrected chi connectivity index (χ2v) is 6.66. The van der Waals surface area contributed by atoms with Gasteiger partial charge in [-0.3, -0.25) is 14.8 Å². The summed E-state index contributed by atoms with van der Waals surface area (Å²) in [6.07, 6.45) is -2.48. The van der Waals surface area contributed by atoms with E-state index in [1.54, 1.807) is 12.1 Å². The molecule has 144 valence electrons. The average Bonchev–Trinajstić information content (AvgIpc) is 2.98. The van der Waals surface area contributed by atoms with Crippen molar-refractivity contribution < 1.29 is 23.1 Å². The summed E-state index contributed by atoms with van der Waals surface area (Å²) in [6.45, 7) is 0.619. The van der Waals surface area contributed by atoms with E-state index < -0.39 is 23.9 Å². The number of carbonyl (C=O) groups excluding carboxylic acids is 1. The Morgan fingerprint density at radius 2 is 2.11 bits per heavy atom. The van der Waals surface area contributed by atoms with Gasteiger partial charge in [-0.1, -0.05) is 12.8 Å². The first-order valence-corrected chi connectivity index (χ1v) is 8.55. The minimum atomic E-state index is -4.44. The summed E-state index contributed by atoms with van der Waals surface area (Å²) in [5.74, 6) is -0.366. The lowest BCUT2D eigenvalue weighted by atomic mass is 10.1. The molecule has 3 rings (SSSR count). The average molecular weight is 398 g/mol. The van der Waals surface area contributed by atoms with Gasteiger partial charge in [-0.05, 0) is 30.7 Å². The SMILES string of the molecule is O=C(NCc1cc(-c2ccc(C(F)(F)F)cn2)ccn1)C1[C@@H](O)CCN1S. The molecule has 1 unspecified atom stereocenters. The van der Waals surface area contributed by atoms with Gasteiger partial charge in [-0.15, -0.1) is 0 Å². The fraction of sp³-hybridized carbons (Fsp3) is 0.353. The van der Waals surface area contributed by atoms with Crippen LogP contribution >= 0.6 is 12.8 Å². The Hall–Kier alpha value is -2.17. The number of nitrogens with zero attached hydrogens (tertiary/aromatic N) is 3. The molecule has 3 heterocycles. The summed E-state index contributed by atoms with van der Waals surface area (Å²) in [5.41, 5.74) is 0.644. The lowest BCUT2D eigenvalue weighted by Crippen LogP contribution is -2.44. The molecule has 0 bridgehead atoms. The van der Waals surface area contributed by atoms with Crippen molar-refractivity contribution in [2.75, 3.05) is 6.54 Å². The fourth-order valence-corrected chi connectivity index (χ4v) is 3.19. The summed E-state index contributed by atoms with van der Waals surface area (Å²) in [4.78, 5) is 20.2. The maximum absolute atomic E-state index is 12.6. The highest BCUT2D eigenvalue weighted by Crippen LogP contribution is 2.29. The number of carbonyl (C=O) groups is 1. The van der Waals surface area contributed by atoms with Gasteiger partial charge in [0.15, 0.2) is 0 Å². The van der Waals surface area contributed by atoms with Crippen molar-refractivity contribution in [1.82, 2.24) is 19.6 Å². The molecule has 1 saturated heterocycles. The van der Waals surface area contributed by atoms with Gasteiger partial charge in [-0.25, -0.2) is 4.31 Å². The van der Waals surface area contributed by atoms with E-state index in [0.717, 1.165) is 12.3 Å². The first kappa shape index (κ1) is 19.6. The standard InChI is InChI=1S/C17H17F3N4O2S/c18-17(19,20)11-1-2-13(22-8-11)10-3-5-21-12(7-10)9-23-16(26)15-14(25)4-6-24(15)27/h1-3,5,7-8,14-15,25,27H,4,6,9H2,(H,23,26)/t14-,15?/m0/s1. The second kappa shape index (κ2) is 7.83. The van der Waals surface area contributed by atoms with Gasteiger partial charge in [-0.2, -0.15) is 13.2 Å². The number of aliphatic hydroxyl groups excluding tert-OH is 1. The number of nitrogens with one attached hydrogen (secondary N) is 1. The molecule has 0 spiro atoms. The molecule has 0 aliphatic carbocycles. The van der Waals surface area contributed by atoms with Crippen molar-refractivity contribution in [3.05, 3.63) is 47.9 Å². The molecular formula is C17H17F3N4O2S. The zero-order chi connectivity index (χ0) is 19.6. The van der Waals surface area contributed by atoms with Crippen molar-refractivity contribution in [2.24, 2.45) is 0 Å². The molecule has 10 heteroatoms. The molecule has 0 saturated carbocycles. The number of alkyl halides is 3. The number of hydrogen-bond acceptors (Lipinski definition) is 6. The molecule has 1 amide bonds. The van der Waals surface area contributed by atoms with E-state index in [1.165, 1.54) is 16.6 Å². The molecule has 2 aromatic heterocycles. The van der Waals surface area contributed by atoms with E-state index in [2.05, 4.69) is 28.1 Å². The first-order valence-electron chi connectivity index (χ1n) is 8.15. The lowest BCUT2D eigenvalue weighted by Gasteiger charge is -2.20. The van der Waals surface area contributed by atoms with E-state index in [-0.39, 0.29) is 12.5 Å². The van der Waals surface area contributed by atoms with Crippen LogP contribution in [-0.4, -0.2) is 44.0 Å². The topological polar surface area (TPSA) is 78.3 Å². The summed E-state index contributed by atoms with van der Waals surface area (Å²) >= 11 is 4.17. The van der Waals surface area contributed by atoms with Gasteiger partial charge >= 0.3 is 6.18 Å². The van der Waals surface area contributed by atoms with Gasteiger partial charge in [0.1, 0.15) is 6.04 Å². The highest BCUT2D eigenvalue weighted by atomic mass is 32.1. The van der Waals surface area contributed by atoms with Crippen LogP contribution < -0.4 is 5.32 Å². The molecule has 1 aliphatic heterocycles. The molecule has 0 aromatic carbocycles. The minimum absolute atomic E-state index is 0.109. The molecule has 1 aliphatic rings. The number of aliphatic hydroxyl groups is 1. The Kier molecular flexibility index (Phi) is 5.68. The van der Waals surface area contributed by atoms with E-state index in [4.69, 9.17) is 0 Å². The zero-order valence-electron chi connectivity index (χ0n) is 14.0. The van der Waals surface area contributed by atoms with Crippen LogP contribution in [0.2, 0.25) is 0 Å². The number of rotatable bonds is 4. The van der Waals surface area contributed by atoms with Gasteiger partial charge in [0, 0.05) is 24.5 Å². The van der Waals surface area contributed by atoms with Crippen LogP contribution in [0, 0.1) is 0 Å². The Morgan fingerprint density at radius 1 is 1.33 bits per heavy atom. The summed E-state index contributed by atoms with van der Waals surface area (Å²) in [5, 5.41) is 12.5. The van der Waals surface area contributed by atoms with Crippen LogP contribution in [0.5, 0.6) is 0 Å². The van der Waals surface area contributed by atoms with Gasteiger partial charge in [0.05, 0.1) is 29.6 Å². The Balaban J connectivity index is 1.68. The van der Waals surface area contributed by atoms with Crippen LogP contribution in [-0.2, 0) is 17.5 Å². The predicted molar refractivity (Wildman–Crippen MR) is 94.4 cm³/mol. The van der Waals surface area contributed by atoms with Crippen molar-refractivity contribution in [1.29, 1.82) is 0 Å². The highest BCUT2D eigenvalue weighted by Gasteiger charge is 2.36. The Labute approximate surface area is 159 Å². The zero-order valence-corrected chi connectivity index (χ0v) is 14.9. The van der Waals surface area contributed by atoms with Crippen molar-refractivity contribution in [3.8, 4) is 11.3 Å². The Morgan fingerprint density at radius 3 is 2.70 bits per heavy atom. The second-order valence-electron chi connectivity index (χ2n) is 6.15. The normalized spacial score (nSPS) is 20.6. The number of aromatic nitrogens is 2. The van der Waals surface area contributed by atoms with Crippen LogP contribution in [0.1, 0.15) is 17.7 Å². The number of amides is 1. The van der Waals surface area contributed by atoms with E-state index in [0.29, 0.717) is 29.9 Å². The third-order valence-electron chi connectivity index (χ3n) is 4.26. The van der Waals surface area contributed by atoms with Gasteiger partial charge < -0.3 is 10.4 Å².